The summed E-state index contributed by atoms with van der Waals surface area (Å²) in [4.78, 5) is 11.2. The molecule has 2 rings (SSSR count). The van der Waals surface area contributed by atoms with Crippen LogP contribution in [0, 0.1) is 0 Å². The lowest BCUT2D eigenvalue weighted by Crippen LogP contribution is -2.07. The molecule has 0 fully saturated rings. The van der Waals surface area contributed by atoms with Crippen LogP contribution in [-0.2, 0) is 0 Å². The summed E-state index contributed by atoms with van der Waals surface area (Å²) in [7, 11) is 3.08. The molecule has 0 unspecified atom stereocenters. The summed E-state index contributed by atoms with van der Waals surface area (Å²) in [5.74, 6) is 0.164. The third-order valence-electron chi connectivity index (χ3n) is 2.65. The molecule has 0 aliphatic carbocycles. The Balaban J connectivity index is 2.61. The Kier molecular flexibility index (Phi) is 3.80. The topological polar surface area (TPSA) is 60.7 Å². The molecule has 6 heteroatoms. The average Bonchev–Trinajstić information content (AvgIpc) is 2.80. The van der Waals surface area contributed by atoms with Gasteiger partial charge in [-0.3, -0.25) is 0 Å². The summed E-state index contributed by atoms with van der Waals surface area (Å²) in [5, 5.41) is 9.20. The van der Waals surface area contributed by atoms with Crippen LogP contribution in [0.3, 0.4) is 0 Å². The number of methoxy groups -OCH3 is 2. The van der Waals surface area contributed by atoms with E-state index in [-0.39, 0.29) is 5.69 Å². The second-order valence-corrected chi connectivity index (χ2v) is 4.67. The minimum Gasteiger partial charge on any atom is -0.497 e. The van der Waals surface area contributed by atoms with Gasteiger partial charge in [0.2, 0.25) is 0 Å². The number of carbonyl (C=O) groups is 1. The van der Waals surface area contributed by atoms with E-state index >= 15 is 0 Å². The maximum Gasteiger partial charge on any atom is 0.352 e. The van der Waals surface area contributed by atoms with Crippen LogP contribution in [-0.4, -0.2) is 29.9 Å². The third kappa shape index (κ3) is 2.58. The van der Waals surface area contributed by atoms with Crippen LogP contribution < -0.4 is 9.47 Å². The molecule has 19 heavy (non-hydrogen) atoms. The number of aromatic carboxylic acids is 1. The molecule has 1 aromatic heterocycles. The molecule has 0 saturated carbocycles. The van der Waals surface area contributed by atoms with Crippen molar-refractivity contribution >= 4 is 21.9 Å². The van der Waals surface area contributed by atoms with Crippen LogP contribution in [0.15, 0.2) is 34.9 Å². The van der Waals surface area contributed by atoms with Gasteiger partial charge in [0.25, 0.3) is 0 Å². The quantitative estimate of drug-likeness (QED) is 0.938. The van der Waals surface area contributed by atoms with Crippen molar-refractivity contribution in [3.63, 3.8) is 0 Å². The first-order valence-electron chi connectivity index (χ1n) is 5.40. The van der Waals surface area contributed by atoms with Gasteiger partial charge in [-0.15, -0.1) is 0 Å². The average molecular weight is 326 g/mol. The fourth-order valence-corrected chi connectivity index (χ4v) is 2.20. The molecule has 5 nitrogen and oxygen atoms in total. The van der Waals surface area contributed by atoms with Crippen LogP contribution in [0.2, 0.25) is 0 Å². The van der Waals surface area contributed by atoms with Crippen LogP contribution in [0.4, 0.5) is 0 Å². The zero-order valence-electron chi connectivity index (χ0n) is 10.4. The zero-order chi connectivity index (χ0) is 14.0. The van der Waals surface area contributed by atoms with E-state index in [1.807, 2.05) is 0 Å². The summed E-state index contributed by atoms with van der Waals surface area (Å²) >= 11 is 3.27. The Bertz CT molecular complexity index is 621. The SMILES string of the molecule is COc1ccc(-n2cc(Br)cc2C(=O)O)c(OC)c1. The van der Waals surface area contributed by atoms with Crippen molar-refractivity contribution in [3.05, 3.63) is 40.6 Å². The number of carboxylic acids is 1. The molecule has 0 spiro atoms. The highest BCUT2D eigenvalue weighted by Crippen LogP contribution is 2.30. The summed E-state index contributed by atoms with van der Waals surface area (Å²) in [6, 6.07) is 6.73. The second-order valence-electron chi connectivity index (χ2n) is 3.76. The van der Waals surface area contributed by atoms with E-state index in [0.29, 0.717) is 21.7 Å². The van der Waals surface area contributed by atoms with E-state index in [4.69, 9.17) is 9.47 Å². The van der Waals surface area contributed by atoms with Crippen molar-refractivity contribution in [1.82, 2.24) is 4.57 Å². The first-order chi connectivity index (χ1) is 9.06. The number of hydrogen-bond acceptors (Lipinski definition) is 3. The van der Waals surface area contributed by atoms with Crippen LogP contribution in [0.25, 0.3) is 5.69 Å². The van der Waals surface area contributed by atoms with Gasteiger partial charge >= 0.3 is 5.97 Å². The second kappa shape index (κ2) is 5.36. The standard InChI is InChI=1S/C13H12BrNO4/c1-18-9-3-4-10(12(6-9)19-2)15-7-8(14)5-11(15)13(16)17/h3-7H,1-2H3,(H,16,17). The zero-order valence-corrected chi connectivity index (χ0v) is 12.0. The minimum atomic E-state index is -1.01. The monoisotopic (exact) mass is 325 g/mol. The predicted molar refractivity (Wildman–Crippen MR) is 73.5 cm³/mol. The molecule has 0 atom stereocenters. The van der Waals surface area contributed by atoms with Gasteiger partial charge in [0.1, 0.15) is 17.2 Å². The summed E-state index contributed by atoms with van der Waals surface area (Å²) in [6.45, 7) is 0. The predicted octanol–water partition coefficient (Wildman–Crippen LogP) is 2.96. The molecular weight excluding hydrogens is 314 g/mol. The maximum atomic E-state index is 11.2. The van der Waals surface area contributed by atoms with Gasteiger partial charge in [-0.25, -0.2) is 4.79 Å². The normalized spacial score (nSPS) is 10.3. The first-order valence-corrected chi connectivity index (χ1v) is 6.19. The van der Waals surface area contributed by atoms with Crippen molar-refractivity contribution in [3.8, 4) is 17.2 Å². The van der Waals surface area contributed by atoms with E-state index in [0.717, 1.165) is 0 Å². The molecule has 0 radical (unpaired) electrons. The Morgan fingerprint density at radius 1 is 1.26 bits per heavy atom. The highest BCUT2D eigenvalue weighted by Gasteiger charge is 2.16. The number of nitrogens with zero attached hydrogens (tertiary/aromatic N) is 1. The van der Waals surface area contributed by atoms with Crippen molar-refractivity contribution in [2.45, 2.75) is 0 Å². The highest BCUT2D eigenvalue weighted by atomic mass is 79.9. The number of aromatic nitrogens is 1. The molecule has 2 aromatic rings. The van der Waals surface area contributed by atoms with E-state index in [1.54, 1.807) is 36.1 Å². The summed E-state index contributed by atoms with van der Waals surface area (Å²) < 4.78 is 12.6. The van der Waals surface area contributed by atoms with Gasteiger partial charge in [0, 0.05) is 16.7 Å². The lowest BCUT2D eigenvalue weighted by atomic mass is 10.2. The third-order valence-corrected chi connectivity index (χ3v) is 3.09. The van der Waals surface area contributed by atoms with E-state index in [2.05, 4.69) is 15.9 Å². The van der Waals surface area contributed by atoms with Crippen molar-refractivity contribution in [2.75, 3.05) is 14.2 Å². The summed E-state index contributed by atoms with van der Waals surface area (Å²) in [6.07, 6.45) is 1.67. The van der Waals surface area contributed by atoms with Crippen molar-refractivity contribution in [1.29, 1.82) is 0 Å². The number of hydrogen-bond donors (Lipinski definition) is 1. The Morgan fingerprint density at radius 3 is 2.58 bits per heavy atom. The number of carboxylic acid groups (broad SMARTS) is 1. The Hall–Kier alpha value is -1.95. The lowest BCUT2D eigenvalue weighted by Gasteiger charge is -2.12. The molecule has 1 aromatic carbocycles. The lowest BCUT2D eigenvalue weighted by molar-refractivity contribution is 0.0688. The Morgan fingerprint density at radius 2 is 2.00 bits per heavy atom. The van der Waals surface area contributed by atoms with Gasteiger partial charge in [-0.05, 0) is 34.1 Å². The van der Waals surface area contributed by atoms with Crippen molar-refractivity contribution < 1.29 is 19.4 Å². The molecule has 0 saturated heterocycles. The molecule has 0 aliphatic rings. The molecule has 1 heterocycles. The van der Waals surface area contributed by atoms with Crippen LogP contribution >= 0.6 is 15.9 Å². The molecule has 0 bridgehead atoms. The van der Waals surface area contributed by atoms with E-state index in [1.165, 1.54) is 13.2 Å². The largest absolute Gasteiger partial charge is 0.497 e. The minimum absolute atomic E-state index is 0.148. The van der Waals surface area contributed by atoms with Crippen molar-refractivity contribution in [2.24, 2.45) is 0 Å². The first kappa shape index (κ1) is 13.5. The number of rotatable bonds is 4. The molecule has 0 aliphatic heterocycles. The van der Waals surface area contributed by atoms with Crippen LogP contribution in [0.1, 0.15) is 10.5 Å². The van der Waals surface area contributed by atoms with Gasteiger partial charge < -0.3 is 19.1 Å². The number of ether oxygens (including phenoxy) is 2. The maximum absolute atomic E-state index is 11.2. The number of benzene rings is 1. The van der Waals surface area contributed by atoms with Crippen LogP contribution in [0.5, 0.6) is 11.5 Å². The fraction of sp³-hybridized carbons (Fsp3) is 0.154. The van der Waals surface area contributed by atoms with Gasteiger partial charge in [-0.2, -0.15) is 0 Å². The fourth-order valence-electron chi connectivity index (χ4n) is 1.78. The molecule has 1 N–H and O–H groups in total. The van der Waals surface area contributed by atoms with Gasteiger partial charge in [0.05, 0.1) is 19.9 Å². The highest BCUT2D eigenvalue weighted by molar-refractivity contribution is 9.10. The van der Waals surface area contributed by atoms with E-state index in [9.17, 15) is 9.90 Å². The molecule has 0 amide bonds. The van der Waals surface area contributed by atoms with Gasteiger partial charge in [-0.1, -0.05) is 0 Å². The molecular formula is C13H12BrNO4. The smallest absolute Gasteiger partial charge is 0.352 e. The van der Waals surface area contributed by atoms with E-state index < -0.39 is 5.97 Å². The Labute approximate surface area is 118 Å². The molecule has 100 valence electrons. The summed E-state index contributed by atoms with van der Waals surface area (Å²) in [5.41, 5.74) is 0.779. The van der Waals surface area contributed by atoms with Gasteiger partial charge in [0.15, 0.2) is 0 Å². The number of halogens is 1.